The van der Waals surface area contributed by atoms with E-state index in [-0.39, 0.29) is 0 Å². The van der Waals surface area contributed by atoms with Gasteiger partial charge in [-0.2, -0.15) is 0 Å². The molecule has 0 aromatic heterocycles. The molecule has 2 N–H and O–H groups in total. The van der Waals surface area contributed by atoms with Crippen molar-refractivity contribution in [3.05, 3.63) is 23.8 Å². The summed E-state index contributed by atoms with van der Waals surface area (Å²) in [4.78, 5) is 0. The van der Waals surface area contributed by atoms with Gasteiger partial charge in [0.05, 0.1) is 13.2 Å². The molecule has 3 rings (SSSR count). The van der Waals surface area contributed by atoms with Gasteiger partial charge in [0.25, 0.3) is 0 Å². The molecule has 3 heteroatoms. The average Bonchev–Trinajstić information content (AvgIpc) is 3.11. The predicted octanol–water partition coefficient (Wildman–Crippen LogP) is 1.91. The molecular weight excluding hydrogens is 202 g/mol. The van der Waals surface area contributed by atoms with E-state index in [1.807, 2.05) is 6.07 Å². The summed E-state index contributed by atoms with van der Waals surface area (Å²) >= 11 is 0. The van der Waals surface area contributed by atoms with Crippen molar-refractivity contribution >= 4 is 0 Å². The maximum absolute atomic E-state index is 5.68. The van der Waals surface area contributed by atoms with Gasteiger partial charge in [-0.3, -0.25) is 0 Å². The van der Waals surface area contributed by atoms with Gasteiger partial charge >= 0.3 is 0 Å². The van der Waals surface area contributed by atoms with Crippen molar-refractivity contribution in [3.63, 3.8) is 0 Å². The summed E-state index contributed by atoms with van der Waals surface area (Å²) in [5.41, 5.74) is 7.02. The van der Waals surface area contributed by atoms with Gasteiger partial charge in [0.15, 0.2) is 11.5 Å². The third-order valence-electron chi connectivity index (χ3n) is 3.43. The number of nitrogens with two attached hydrogens (primary N) is 1. The van der Waals surface area contributed by atoms with Gasteiger partial charge in [0, 0.05) is 6.42 Å². The zero-order valence-electron chi connectivity index (χ0n) is 9.32. The highest BCUT2D eigenvalue weighted by Gasteiger charge is 2.37. The van der Waals surface area contributed by atoms with Gasteiger partial charge in [-0.05, 0) is 42.5 Å². The summed E-state index contributed by atoms with van der Waals surface area (Å²) in [6, 6.07) is 6.30. The third kappa shape index (κ3) is 1.76. The van der Waals surface area contributed by atoms with Crippen LogP contribution in [0.3, 0.4) is 0 Å². The van der Waals surface area contributed by atoms with Crippen molar-refractivity contribution in [3.8, 4) is 11.5 Å². The van der Waals surface area contributed by atoms with Crippen molar-refractivity contribution in [1.29, 1.82) is 0 Å². The van der Waals surface area contributed by atoms with E-state index in [9.17, 15) is 0 Å². The van der Waals surface area contributed by atoms with Crippen LogP contribution in [0.4, 0.5) is 0 Å². The Hall–Kier alpha value is -1.22. The Bertz CT molecular complexity index is 392. The number of hydrogen-bond donors (Lipinski definition) is 1. The quantitative estimate of drug-likeness (QED) is 0.826. The Morgan fingerprint density at radius 1 is 1.19 bits per heavy atom. The highest BCUT2D eigenvalue weighted by atomic mass is 16.5. The van der Waals surface area contributed by atoms with Crippen LogP contribution in [-0.4, -0.2) is 19.8 Å². The third-order valence-corrected chi connectivity index (χ3v) is 3.43. The van der Waals surface area contributed by atoms with Crippen LogP contribution in [0.2, 0.25) is 0 Å². The van der Waals surface area contributed by atoms with E-state index >= 15 is 0 Å². The van der Waals surface area contributed by atoms with Crippen molar-refractivity contribution in [2.45, 2.75) is 18.8 Å². The standard InChI is InChI=1S/C13H17NO2/c14-8-10-6-11(10)9-2-3-12-13(7-9)16-5-1-4-15-12/h2-3,7,10-11H,1,4-6,8,14H2. The maximum Gasteiger partial charge on any atom is 0.161 e. The average molecular weight is 219 g/mol. The second-order valence-corrected chi connectivity index (χ2v) is 4.59. The molecule has 2 atom stereocenters. The lowest BCUT2D eigenvalue weighted by atomic mass is 10.1. The van der Waals surface area contributed by atoms with E-state index in [0.29, 0.717) is 11.8 Å². The zero-order valence-corrected chi connectivity index (χ0v) is 9.32. The summed E-state index contributed by atoms with van der Waals surface area (Å²) < 4.78 is 11.3. The highest BCUT2D eigenvalue weighted by Crippen LogP contribution is 2.48. The van der Waals surface area contributed by atoms with E-state index in [1.54, 1.807) is 0 Å². The lowest BCUT2D eigenvalue weighted by molar-refractivity contribution is 0.297. The van der Waals surface area contributed by atoms with Crippen LogP contribution in [0.15, 0.2) is 18.2 Å². The lowest BCUT2D eigenvalue weighted by Gasteiger charge is -2.09. The van der Waals surface area contributed by atoms with E-state index in [2.05, 4.69) is 12.1 Å². The van der Waals surface area contributed by atoms with Gasteiger partial charge in [-0.1, -0.05) is 6.07 Å². The van der Waals surface area contributed by atoms with E-state index < -0.39 is 0 Å². The summed E-state index contributed by atoms with van der Waals surface area (Å²) in [6.45, 7) is 2.29. The Morgan fingerprint density at radius 3 is 2.75 bits per heavy atom. The van der Waals surface area contributed by atoms with Crippen LogP contribution in [0.5, 0.6) is 11.5 Å². The molecule has 0 spiro atoms. The summed E-state index contributed by atoms with van der Waals surface area (Å²) in [7, 11) is 0. The lowest BCUT2D eigenvalue weighted by Crippen LogP contribution is -2.02. The molecule has 1 saturated carbocycles. The molecule has 0 saturated heterocycles. The fourth-order valence-corrected chi connectivity index (χ4v) is 2.33. The topological polar surface area (TPSA) is 44.5 Å². The van der Waals surface area contributed by atoms with Crippen LogP contribution in [0, 0.1) is 5.92 Å². The van der Waals surface area contributed by atoms with Crippen molar-refractivity contribution in [2.24, 2.45) is 11.7 Å². The van der Waals surface area contributed by atoms with E-state index in [4.69, 9.17) is 15.2 Å². The first-order valence-corrected chi connectivity index (χ1v) is 5.98. The molecule has 2 unspecified atom stereocenters. The molecule has 1 fully saturated rings. The molecule has 1 aromatic carbocycles. The molecule has 1 heterocycles. The molecule has 1 aliphatic carbocycles. The Labute approximate surface area is 95.5 Å². The minimum Gasteiger partial charge on any atom is -0.490 e. The minimum absolute atomic E-state index is 0.641. The molecule has 0 bridgehead atoms. The summed E-state index contributed by atoms with van der Waals surface area (Å²) in [5, 5.41) is 0. The summed E-state index contributed by atoms with van der Waals surface area (Å²) in [6.07, 6.45) is 2.18. The van der Waals surface area contributed by atoms with Crippen LogP contribution >= 0.6 is 0 Å². The van der Waals surface area contributed by atoms with Gasteiger partial charge < -0.3 is 15.2 Å². The summed E-state index contributed by atoms with van der Waals surface area (Å²) in [5.74, 6) is 3.09. The molecule has 0 radical (unpaired) electrons. The first-order chi connectivity index (χ1) is 7.88. The Morgan fingerprint density at radius 2 is 2.00 bits per heavy atom. The van der Waals surface area contributed by atoms with Gasteiger partial charge in [-0.15, -0.1) is 0 Å². The number of ether oxygens (including phenoxy) is 2. The van der Waals surface area contributed by atoms with Gasteiger partial charge in [0.1, 0.15) is 0 Å². The highest BCUT2D eigenvalue weighted by molar-refractivity contribution is 5.45. The molecule has 16 heavy (non-hydrogen) atoms. The SMILES string of the molecule is NCC1CC1c1ccc2c(c1)OCCCO2. The van der Waals surface area contributed by atoms with Crippen LogP contribution in [-0.2, 0) is 0 Å². The molecule has 86 valence electrons. The molecule has 1 aromatic rings. The Kier molecular flexibility index (Phi) is 2.48. The first-order valence-electron chi connectivity index (χ1n) is 5.98. The van der Waals surface area contributed by atoms with Crippen molar-refractivity contribution in [2.75, 3.05) is 19.8 Å². The number of fused-ring (bicyclic) bond motifs is 1. The molecule has 0 amide bonds. The fourth-order valence-electron chi connectivity index (χ4n) is 2.33. The monoisotopic (exact) mass is 219 g/mol. The van der Waals surface area contributed by atoms with Crippen LogP contribution in [0.25, 0.3) is 0 Å². The van der Waals surface area contributed by atoms with Crippen molar-refractivity contribution < 1.29 is 9.47 Å². The molecule has 2 aliphatic rings. The minimum atomic E-state index is 0.641. The smallest absolute Gasteiger partial charge is 0.161 e. The molecule has 1 aliphatic heterocycles. The number of benzene rings is 1. The predicted molar refractivity (Wildman–Crippen MR) is 62.0 cm³/mol. The van der Waals surface area contributed by atoms with Crippen molar-refractivity contribution in [1.82, 2.24) is 0 Å². The first kappa shape index (κ1) is 9.97. The number of rotatable bonds is 2. The Balaban J connectivity index is 1.84. The zero-order chi connectivity index (χ0) is 11.0. The van der Waals surface area contributed by atoms with E-state index in [0.717, 1.165) is 37.7 Å². The fraction of sp³-hybridized carbons (Fsp3) is 0.538. The van der Waals surface area contributed by atoms with Crippen LogP contribution < -0.4 is 15.2 Å². The largest absolute Gasteiger partial charge is 0.490 e. The van der Waals surface area contributed by atoms with Crippen LogP contribution in [0.1, 0.15) is 24.3 Å². The van der Waals surface area contributed by atoms with Gasteiger partial charge in [-0.25, -0.2) is 0 Å². The van der Waals surface area contributed by atoms with Gasteiger partial charge in [0.2, 0.25) is 0 Å². The normalized spacial score (nSPS) is 27.3. The molecular formula is C13H17NO2. The second kappa shape index (κ2) is 3.98. The maximum atomic E-state index is 5.68. The van der Waals surface area contributed by atoms with E-state index in [1.165, 1.54) is 12.0 Å². The molecule has 3 nitrogen and oxygen atoms in total. The number of hydrogen-bond acceptors (Lipinski definition) is 3. The second-order valence-electron chi connectivity index (χ2n) is 4.59.